The standard InChI is InChI=1S/C34H50O4/c1-5-24-29-18-23(35)12-14-34(29,4)28-13-15-33(3)26(10-11-27(33)30(28)31(24)36)19(2)16-22-17-25(22)20-6-8-21(9-7-20)32(37)38/h6-9,19,22-31,35-36H,5,10-18H2,1-4H3,(H,37,38)/t19-,22?,23-,24-,25?,26-,27+,28+,29+,30+,31-,33-,34-/m1/s1. The van der Waals surface area contributed by atoms with Crippen molar-refractivity contribution < 1.29 is 20.1 Å². The Morgan fingerprint density at radius 1 is 0.947 bits per heavy atom. The van der Waals surface area contributed by atoms with Gasteiger partial charge >= 0.3 is 5.97 Å². The Bertz CT molecular complexity index is 1040. The molecule has 2 unspecified atom stereocenters. The van der Waals surface area contributed by atoms with Gasteiger partial charge in [-0.1, -0.05) is 46.2 Å². The van der Waals surface area contributed by atoms with Crippen molar-refractivity contribution in [3.63, 3.8) is 0 Å². The zero-order chi connectivity index (χ0) is 27.0. The molecule has 5 saturated carbocycles. The van der Waals surface area contributed by atoms with Crippen molar-refractivity contribution >= 4 is 5.97 Å². The molecule has 38 heavy (non-hydrogen) atoms. The summed E-state index contributed by atoms with van der Waals surface area (Å²) in [4.78, 5) is 11.2. The molecule has 0 amide bonds. The average molecular weight is 523 g/mol. The van der Waals surface area contributed by atoms with Crippen LogP contribution >= 0.6 is 0 Å². The molecular weight excluding hydrogens is 472 g/mol. The van der Waals surface area contributed by atoms with Gasteiger partial charge in [-0.05, 0) is 140 Å². The second-order valence-corrected chi connectivity index (χ2v) is 14.9. The maximum Gasteiger partial charge on any atom is 0.335 e. The molecule has 210 valence electrons. The summed E-state index contributed by atoms with van der Waals surface area (Å²) < 4.78 is 0. The van der Waals surface area contributed by atoms with Gasteiger partial charge in [0.15, 0.2) is 0 Å². The van der Waals surface area contributed by atoms with Crippen LogP contribution in [0.3, 0.4) is 0 Å². The Hall–Kier alpha value is -1.39. The number of carbonyl (C=O) groups is 1. The van der Waals surface area contributed by atoms with E-state index >= 15 is 0 Å². The van der Waals surface area contributed by atoms with Gasteiger partial charge < -0.3 is 15.3 Å². The zero-order valence-corrected chi connectivity index (χ0v) is 24.0. The number of aliphatic hydroxyl groups is 2. The number of hydrogen-bond donors (Lipinski definition) is 3. The molecule has 0 saturated heterocycles. The molecule has 0 bridgehead atoms. The highest BCUT2D eigenvalue weighted by Gasteiger charge is 2.65. The Morgan fingerprint density at radius 3 is 2.32 bits per heavy atom. The van der Waals surface area contributed by atoms with E-state index < -0.39 is 5.97 Å². The highest BCUT2D eigenvalue weighted by molar-refractivity contribution is 5.87. The van der Waals surface area contributed by atoms with Gasteiger partial charge in [-0.2, -0.15) is 0 Å². The van der Waals surface area contributed by atoms with Crippen molar-refractivity contribution in [1.29, 1.82) is 0 Å². The largest absolute Gasteiger partial charge is 0.478 e. The number of rotatable bonds is 6. The molecule has 1 aromatic rings. The van der Waals surface area contributed by atoms with Crippen LogP contribution in [0.25, 0.3) is 0 Å². The summed E-state index contributed by atoms with van der Waals surface area (Å²) >= 11 is 0. The predicted molar refractivity (Wildman–Crippen MR) is 150 cm³/mol. The van der Waals surface area contributed by atoms with Crippen molar-refractivity contribution in [3.05, 3.63) is 35.4 Å². The molecule has 0 radical (unpaired) electrons. The van der Waals surface area contributed by atoms with Crippen LogP contribution in [0.1, 0.15) is 114 Å². The maximum atomic E-state index is 11.9. The average Bonchev–Trinajstić information content (AvgIpc) is 3.56. The number of carboxylic acids is 1. The third kappa shape index (κ3) is 4.10. The second kappa shape index (κ2) is 9.61. The zero-order valence-electron chi connectivity index (χ0n) is 24.0. The summed E-state index contributed by atoms with van der Waals surface area (Å²) in [6.07, 6.45) is 11.2. The van der Waals surface area contributed by atoms with E-state index in [-0.39, 0.29) is 17.6 Å². The molecule has 4 heteroatoms. The predicted octanol–water partition coefficient (Wildman–Crippen LogP) is 7.14. The second-order valence-electron chi connectivity index (χ2n) is 14.9. The van der Waals surface area contributed by atoms with E-state index in [2.05, 4.69) is 27.7 Å². The van der Waals surface area contributed by atoms with Crippen LogP contribution in [0, 0.1) is 58.2 Å². The van der Waals surface area contributed by atoms with Crippen molar-refractivity contribution in [3.8, 4) is 0 Å². The van der Waals surface area contributed by atoms with Gasteiger partial charge in [-0.15, -0.1) is 0 Å². The Labute approximate surface area is 229 Å². The normalized spacial score (nSPS) is 48.5. The van der Waals surface area contributed by atoms with Gasteiger partial charge in [0.25, 0.3) is 0 Å². The fourth-order valence-corrected chi connectivity index (χ4v) is 11.4. The molecule has 5 aliphatic carbocycles. The molecule has 13 atom stereocenters. The number of benzene rings is 1. The summed E-state index contributed by atoms with van der Waals surface area (Å²) in [7, 11) is 0. The van der Waals surface area contributed by atoms with Gasteiger partial charge in [-0.25, -0.2) is 4.79 Å². The summed E-state index contributed by atoms with van der Waals surface area (Å²) in [5.74, 6) is 4.32. The molecule has 4 nitrogen and oxygen atoms in total. The van der Waals surface area contributed by atoms with E-state index in [1.807, 2.05) is 12.1 Å². The number of aromatic carboxylic acids is 1. The third-order valence-electron chi connectivity index (χ3n) is 13.3. The monoisotopic (exact) mass is 522 g/mol. The minimum atomic E-state index is -0.852. The lowest BCUT2D eigenvalue weighted by Crippen LogP contribution is -2.62. The van der Waals surface area contributed by atoms with Gasteiger partial charge in [0, 0.05) is 0 Å². The lowest BCUT2D eigenvalue weighted by molar-refractivity contribution is -0.203. The van der Waals surface area contributed by atoms with E-state index in [9.17, 15) is 20.1 Å². The highest BCUT2D eigenvalue weighted by Crippen LogP contribution is 2.70. The topological polar surface area (TPSA) is 77.8 Å². The molecule has 0 heterocycles. The van der Waals surface area contributed by atoms with Crippen molar-refractivity contribution in [2.45, 2.75) is 110 Å². The number of carboxylic acid groups (broad SMARTS) is 1. The number of fused-ring (bicyclic) bond motifs is 5. The van der Waals surface area contributed by atoms with Crippen LogP contribution in [0.5, 0.6) is 0 Å². The first-order valence-corrected chi connectivity index (χ1v) is 15.8. The molecule has 5 fully saturated rings. The van der Waals surface area contributed by atoms with Crippen molar-refractivity contribution in [2.75, 3.05) is 0 Å². The minimum Gasteiger partial charge on any atom is -0.478 e. The molecule has 0 spiro atoms. The Morgan fingerprint density at radius 2 is 1.63 bits per heavy atom. The fraction of sp³-hybridized carbons (Fsp3) is 0.794. The summed E-state index contributed by atoms with van der Waals surface area (Å²) in [6.45, 7) is 9.88. The van der Waals surface area contributed by atoms with Gasteiger partial charge in [-0.3, -0.25) is 0 Å². The summed E-state index contributed by atoms with van der Waals surface area (Å²) in [6, 6.07) is 7.57. The SMILES string of the molecule is CC[C@H]1[C@@H](O)[C@@H]2[C@H](CC[C@]3(C)[C@@H]([C@H](C)CC4CC4c4ccc(C(=O)O)cc4)CC[C@@H]23)[C@@]2(C)CC[C@@H](O)C[C@@H]12. The van der Waals surface area contributed by atoms with Gasteiger partial charge in [0.2, 0.25) is 0 Å². The van der Waals surface area contributed by atoms with E-state index in [4.69, 9.17) is 0 Å². The van der Waals surface area contributed by atoms with Crippen LogP contribution < -0.4 is 0 Å². The first kappa shape index (κ1) is 26.8. The molecular formula is C34H50O4. The lowest BCUT2D eigenvalue weighted by Gasteiger charge is -2.64. The molecule has 5 aliphatic rings. The van der Waals surface area contributed by atoms with E-state index in [1.165, 1.54) is 44.1 Å². The maximum absolute atomic E-state index is 11.9. The van der Waals surface area contributed by atoms with Crippen LogP contribution in [0.4, 0.5) is 0 Å². The fourth-order valence-electron chi connectivity index (χ4n) is 11.4. The number of aliphatic hydroxyl groups excluding tert-OH is 2. The van der Waals surface area contributed by atoms with Gasteiger partial charge in [0.05, 0.1) is 17.8 Å². The van der Waals surface area contributed by atoms with Crippen molar-refractivity contribution in [1.82, 2.24) is 0 Å². The Balaban J connectivity index is 1.17. The van der Waals surface area contributed by atoms with Gasteiger partial charge in [0.1, 0.15) is 0 Å². The highest BCUT2D eigenvalue weighted by atomic mass is 16.4. The summed E-state index contributed by atoms with van der Waals surface area (Å²) in [5.41, 5.74) is 2.27. The Kier molecular flexibility index (Phi) is 6.78. The first-order valence-electron chi connectivity index (χ1n) is 15.8. The van der Waals surface area contributed by atoms with Crippen LogP contribution in [0.15, 0.2) is 24.3 Å². The van der Waals surface area contributed by atoms with Crippen LogP contribution in [0.2, 0.25) is 0 Å². The molecule has 6 rings (SSSR count). The summed E-state index contributed by atoms with van der Waals surface area (Å²) in [5, 5.41) is 31.7. The number of hydrogen-bond acceptors (Lipinski definition) is 3. The van der Waals surface area contributed by atoms with Crippen molar-refractivity contribution in [2.24, 2.45) is 58.2 Å². The molecule has 0 aliphatic heterocycles. The van der Waals surface area contributed by atoms with E-state index in [1.54, 1.807) is 12.1 Å². The first-order chi connectivity index (χ1) is 18.1. The molecule has 3 N–H and O–H groups in total. The smallest absolute Gasteiger partial charge is 0.335 e. The van der Waals surface area contributed by atoms with Crippen LogP contribution in [-0.4, -0.2) is 33.5 Å². The van der Waals surface area contributed by atoms with E-state index in [0.717, 1.165) is 37.5 Å². The van der Waals surface area contributed by atoms with E-state index in [0.29, 0.717) is 52.4 Å². The minimum absolute atomic E-state index is 0.183. The third-order valence-corrected chi connectivity index (χ3v) is 13.3. The lowest BCUT2D eigenvalue weighted by atomic mass is 9.41. The molecule has 1 aromatic carbocycles. The van der Waals surface area contributed by atoms with Crippen LogP contribution in [-0.2, 0) is 0 Å². The molecule has 0 aromatic heterocycles. The quantitative estimate of drug-likeness (QED) is 0.371.